The Labute approximate surface area is 396 Å². The van der Waals surface area contributed by atoms with Crippen LogP contribution in [0.3, 0.4) is 0 Å². The molecule has 1 aliphatic heterocycles. The Hall–Kier alpha value is -5.44. The molecule has 66 heavy (non-hydrogen) atoms. The first-order chi connectivity index (χ1) is 32.5. The van der Waals surface area contributed by atoms with Crippen molar-refractivity contribution in [2.75, 3.05) is 13.2 Å². The third-order valence-electron chi connectivity index (χ3n) is 16.4. The second-order valence-corrected chi connectivity index (χ2v) is 20.9. The van der Waals surface area contributed by atoms with Gasteiger partial charge in [-0.1, -0.05) is 132 Å². The van der Waals surface area contributed by atoms with Gasteiger partial charge in [0.15, 0.2) is 0 Å². The molecule has 4 aliphatic rings. The van der Waals surface area contributed by atoms with E-state index >= 15 is 0 Å². The standard InChI is InChI=1S/C64H70O2/c1-4-6-45-14-26-51(27-15-45)53-30-18-47(19-31-53)10-12-49-22-34-56-36-38-61-63(59(56)40-49)64-60-41-50(13-11-48-20-32-54(33-21-48)52-28-16-46(7-5-2)17-29-52)23-35-57(60)37-39-62(64)66-43-58(42-65-61)55-24-8-44(3)9-25-55/h18-23,30-41,44-46,51-52,55,58H,4-9,14-17,24-29,42-43H2,1-3H3. The van der Waals surface area contributed by atoms with Crippen LogP contribution in [-0.4, -0.2) is 13.2 Å². The molecule has 6 aromatic rings. The summed E-state index contributed by atoms with van der Waals surface area (Å²) < 4.78 is 14.0. The summed E-state index contributed by atoms with van der Waals surface area (Å²) in [6, 6.07) is 40.4. The van der Waals surface area contributed by atoms with Crippen LogP contribution in [0, 0.1) is 53.3 Å². The van der Waals surface area contributed by atoms with E-state index in [1.54, 1.807) is 0 Å². The van der Waals surface area contributed by atoms with Gasteiger partial charge in [-0.25, -0.2) is 0 Å². The van der Waals surface area contributed by atoms with Crippen LogP contribution in [0.5, 0.6) is 11.5 Å². The summed E-state index contributed by atoms with van der Waals surface area (Å²) in [4.78, 5) is 0. The van der Waals surface area contributed by atoms with Crippen molar-refractivity contribution in [3.8, 4) is 46.3 Å². The van der Waals surface area contributed by atoms with Gasteiger partial charge in [-0.05, 0) is 193 Å². The fourth-order valence-corrected chi connectivity index (χ4v) is 12.3. The first kappa shape index (κ1) is 44.4. The molecule has 3 saturated carbocycles. The van der Waals surface area contributed by atoms with Gasteiger partial charge in [0.05, 0.1) is 13.2 Å². The van der Waals surface area contributed by atoms with E-state index in [9.17, 15) is 0 Å². The Balaban J connectivity index is 0.983. The highest BCUT2D eigenvalue weighted by Gasteiger charge is 2.30. The van der Waals surface area contributed by atoms with Crippen molar-refractivity contribution in [1.29, 1.82) is 0 Å². The number of benzene rings is 6. The van der Waals surface area contributed by atoms with E-state index in [2.05, 4.69) is 154 Å². The number of hydrogen-bond donors (Lipinski definition) is 0. The van der Waals surface area contributed by atoms with Gasteiger partial charge in [0, 0.05) is 39.3 Å². The van der Waals surface area contributed by atoms with Crippen molar-refractivity contribution in [3.63, 3.8) is 0 Å². The predicted molar refractivity (Wildman–Crippen MR) is 277 cm³/mol. The third kappa shape index (κ3) is 10.1. The lowest BCUT2D eigenvalue weighted by Crippen LogP contribution is -2.30. The SMILES string of the molecule is CCCC1CCC(c2ccc(C#Cc3ccc4ccc5c(c4c3)-c3c(ccc4ccc(C#Cc6ccc(C7CCC(CCC)CC7)cc6)cc34)OCC(C3CCC(C)CC3)CO5)cc2)CC1. The predicted octanol–water partition coefficient (Wildman–Crippen LogP) is 16.8. The molecule has 0 bridgehead atoms. The summed E-state index contributed by atoms with van der Waals surface area (Å²) >= 11 is 0. The molecule has 2 nitrogen and oxygen atoms in total. The molecule has 3 aliphatic carbocycles. The zero-order valence-corrected chi connectivity index (χ0v) is 40.0. The first-order valence-electron chi connectivity index (χ1n) is 26.1. The molecule has 0 N–H and O–H groups in total. The summed E-state index contributed by atoms with van der Waals surface area (Å²) in [7, 11) is 0. The number of hydrogen-bond acceptors (Lipinski definition) is 2. The lowest BCUT2D eigenvalue weighted by Gasteiger charge is -2.32. The fraction of sp³-hybridized carbons (Fsp3) is 0.438. The lowest BCUT2D eigenvalue weighted by atomic mass is 9.77. The van der Waals surface area contributed by atoms with Crippen molar-refractivity contribution in [2.45, 2.75) is 135 Å². The Kier molecular flexibility index (Phi) is 13.9. The highest BCUT2D eigenvalue weighted by Crippen LogP contribution is 2.48. The van der Waals surface area contributed by atoms with E-state index in [4.69, 9.17) is 9.47 Å². The van der Waals surface area contributed by atoms with E-state index in [0.717, 1.165) is 84.2 Å². The van der Waals surface area contributed by atoms with Gasteiger partial charge in [-0.3, -0.25) is 0 Å². The largest absolute Gasteiger partial charge is 0.492 e. The fourth-order valence-electron chi connectivity index (χ4n) is 12.3. The normalized spacial score (nSPS) is 24.1. The number of ether oxygens (including phenoxy) is 2. The van der Waals surface area contributed by atoms with E-state index in [0.29, 0.717) is 36.9 Å². The quantitative estimate of drug-likeness (QED) is 0.149. The molecule has 338 valence electrons. The molecule has 10 rings (SSSR count). The maximum absolute atomic E-state index is 7.02. The monoisotopic (exact) mass is 871 g/mol. The maximum atomic E-state index is 7.02. The first-order valence-corrected chi connectivity index (χ1v) is 26.1. The molecule has 0 aromatic heterocycles. The molecular weight excluding hydrogens is 801 g/mol. The molecule has 3 fully saturated rings. The molecule has 0 atom stereocenters. The van der Waals surface area contributed by atoms with Gasteiger partial charge >= 0.3 is 0 Å². The van der Waals surface area contributed by atoms with Crippen LogP contribution < -0.4 is 9.47 Å². The van der Waals surface area contributed by atoms with Crippen LogP contribution >= 0.6 is 0 Å². The van der Waals surface area contributed by atoms with Crippen molar-refractivity contribution in [3.05, 3.63) is 143 Å². The average molecular weight is 871 g/mol. The van der Waals surface area contributed by atoms with Gasteiger partial charge < -0.3 is 9.47 Å². The second-order valence-electron chi connectivity index (χ2n) is 20.9. The smallest absolute Gasteiger partial charge is 0.127 e. The minimum absolute atomic E-state index is 0.321. The van der Waals surface area contributed by atoms with Crippen LogP contribution in [0.1, 0.15) is 169 Å². The van der Waals surface area contributed by atoms with E-state index in [1.807, 2.05) is 0 Å². The summed E-state index contributed by atoms with van der Waals surface area (Å²) in [5.41, 5.74) is 9.21. The van der Waals surface area contributed by atoms with Crippen LogP contribution in [0.2, 0.25) is 0 Å². The minimum Gasteiger partial charge on any atom is -0.492 e. The van der Waals surface area contributed by atoms with Gasteiger partial charge in [-0.15, -0.1) is 0 Å². The summed E-state index contributed by atoms with van der Waals surface area (Å²) in [6.45, 7) is 8.34. The van der Waals surface area contributed by atoms with Crippen molar-refractivity contribution in [2.24, 2.45) is 29.6 Å². The molecule has 0 radical (unpaired) electrons. The number of fused-ring (bicyclic) bond motifs is 7. The highest BCUT2D eigenvalue weighted by molar-refractivity contribution is 6.10. The second kappa shape index (κ2) is 20.6. The lowest BCUT2D eigenvalue weighted by molar-refractivity contribution is 0.102. The van der Waals surface area contributed by atoms with E-state index < -0.39 is 0 Å². The topological polar surface area (TPSA) is 18.5 Å². The Morgan fingerprint density at radius 2 is 0.818 bits per heavy atom. The minimum atomic E-state index is 0.321. The molecule has 0 amide bonds. The third-order valence-corrected chi connectivity index (χ3v) is 16.4. The summed E-state index contributed by atoms with van der Waals surface area (Å²) in [5, 5.41) is 4.58. The van der Waals surface area contributed by atoms with Crippen molar-refractivity contribution in [1.82, 2.24) is 0 Å². The zero-order chi connectivity index (χ0) is 44.8. The van der Waals surface area contributed by atoms with Gasteiger partial charge in [0.25, 0.3) is 0 Å². The molecule has 1 heterocycles. The van der Waals surface area contributed by atoms with Crippen molar-refractivity contribution >= 4 is 21.5 Å². The zero-order valence-electron chi connectivity index (χ0n) is 40.0. The molecular formula is C64H70O2. The van der Waals surface area contributed by atoms with Crippen LogP contribution in [0.15, 0.2) is 109 Å². The Bertz CT molecular complexity index is 2550. The van der Waals surface area contributed by atoms with Crippen LogP contribution in [0.4, 0.5) is 0 Å². The molecule has 6 aromatic carbocycles. The van der Waals surface area contributed by atoms with Crippen LogP contribution in [0.25, 0.3) is 32.7 Å². The van der Waals surface area contributed by atoms with Gasteiger partial charge in [0.2, 0.25) is 0 Å². The van der Waals surface area contributed by atoms with Crippen LogP contribution in [-0.2, 0) is 0 Å². The van der Waals surface area contributed by atoms with Crippen molar-refractivity contribution < 1.29 is 9.47 Å². The molecule has 2 heteroatoms. The number of rotatable bonds is 7. The maximum Gasteiger partial charge on any atom is 0.127 e. The average Bonchev–Trinajstić information content (AvgIpc) is 3.44. The summed E-state index contributed by atoms with van der Waals surface area (Å²) in [6.07, 6.45) is 21.2. The molecule has 0 saturated heterocycles. The summed E-state index contributed by atoms with van der Waals surface area (Å²) in [5.74, 6) is 20.9. The van der Waals surface area contributed by atoms with Gasteiger partial charge in [-0.2, -0.15) is 0 Å². The molecule has 0 unspecified atom stereocenters. The van der Waals surface area contributed by atoms with E-state index in [-0.39, 0.29) is 0 Å². The van der Waals surface area contributed by atoms with E-state index in [1.165, 1.54) is 114 Å². The Morgan fingerprint density at radius 3 is 1.24 bits per heavy atom. The molecule has 0 spiro atoms. The highest BCUT2D eigenvalue weighted by atomic mass is 16.5. The Morgan fingerprint density at radius 1 is 0.424 bits per heavy atom. The van der Waals surface area contributed by atoms with Gasteiger partial charge in [0.1, 0.15) is 11.5 Å².